The molecule has 9 nitrogen and oxygen atoms in total. The Bertz CT molecular complexity index is 1090. The Kier molecular flexibility index (Phi) is 5.81. The van der Waals surface area contributed by atoms with E-state index >= 15 is 0 Å². The third kappa shape index (κ3) is 4.42. The van der Waals surface area contributed by atoms with Gasteiger partial charge in [0.25, 0.3) is 5.56 Å². The average Bonchev–Trinajstić information content (AvgIpc) is 3.06. The van der Waals surface area contributed by atoms with Crippen molar-refractivity contribution >= 4 is 22.6 Å². The van der Waals surface area contributed by atoms with Crippen molar-refractivity contribution in [3.63, 3.8) is 0 Å². The van der Waals surface area contributed by atoms with E-state index in [0.717, 1.165) is 0 Å². The molecule has 0 radical (unpaired) electrons. The quantitative estimate of drug-likeness (QED) is 0.633. The molecule has 3 rings (SSSR count). The van der Waals surface area contributed by atoms with Gasteiger partial charge >= 0.3 is 0 Å². The number of nitrogens with zero attached hydrogens (tertiary/aromatic N) is 5. The minimum absolute atomic E-state index is 0.0247. The third-order valence-electron chi connectivity index (χ3n) is 4.31. The topological polar surface area (TPSA) is 118 Å². The minimum Gasteiger partial charge on any atom is -0.326 e. The number of aromatic nitrogens is 4. The van der Waals surface area contributed by atoms with Crippen LogP contribution < -0.4 is 16.2 Å². The molecule has 1 atom stereocenters. The molecule has 0 saturated carbocycles. The molecule has 3 aromatic rings. The second-order valence-electron chi connectivity index (χ2n) is 6.55. The van der Waals surface area contributed by atoms with E-state index in [1.165, 1.54) is 17.1 Å². The van der Waals surface area contributed by atoms with Gasteiger partial charge in [-0.15, -0.1) is 0 Å². The zero-order chi connectivity index (χ0) is 20.1. The second kappa shape index (κ2) is 8.45. The first kappa shape index (κ1) is 19.3. The highest BCUT2D eigenvalue weighted by Gasteiger charge is 2.11. The molecular weight excluding hydrogens is 358 g/mol. The number of benzene rings is 1. The first-order valence-corrected chi connectivity index (χ1v) is 8.88. The van der Waals surface area contributed by atoms with Crippen molar-refractivity contribution in [2.75, 3.05) is 11.9 Å². The number of fused-ring (bicyclic) bond motifs is 1. The van der Waals surface area contributed by atoms with Crippen LogP contribution in [-0.4, -0.2) is 37.8 Å². The maximum atomic E-state index is 12.5. The van der Waals surface area contributed by atoms with E-state index in [9.17, 15) is 9.59 Å². The number of nitriles is 1. The molecule has 0 aliphatic heterocycles. The van der Waals surface area contributed by atoms with Gasteiger partial charge in [0, 0.05) is 38.3 Å². The summed E-state index contributed by atoms with van der Waals surface area (Å²) in [5.74, 6) is -0.148. The van der Waals surface area contributed by atoms with Gasteiger partial charge in [-0.05, 0) is 25.1 Å². The van der Waals surface area contributed by atoms with Crippen molar-refractivity contribution in [1.82, 2.24) is 24.6 Å². The van der Waals surface area contributed by atoms with Gasteiger partial charge in [-0.2, -0.15) is 10.4 Å². The van der Waals surface area contributed by atoms with Crippen molar-refractivity contribution in [3.8, 4) is 6.07 Å². The minimum atomic E-state index is -0.148. The van der Waals surface area contributed by atoms with Crippen molar-refractivity contribution in [1.29, 1.82) is 5.26 Å². The average molecular weight is 379 g/mol. The van der Waals surface area contributed by atoms with Gasteiger partial charge in [0.15, 0.2) is 5.65 Å². The van der Waals surface area contributed by atoms with Crippen LogP contribution in [0.5, 0.6) is 0 Å². The number of hydrogen-bond donors (Lipinski definition) is 2. The van der Waals surface area contributed by atoms with Crippen LogP contribution in [0.4, 0.5) is 5.69 Å². The number of anilines is 1. The van der Waals surface area contributed by atoms with Gasteiger partial charge < -0.3 is 10.6 Å². The van der Waals surface area contributed by atoms with Gasteiger partial charge in [0.1, 0.15) is 11.7 Å². The van der Waals surface area contributed by atoms with Crippen LogP contribution in [0.2, 0.25) is 0 Å². The molecule has 1 aromatic carbocycles. The lowest BCUT2D eigenvalue weighted by atomic mass is 10.2. The summed E-state index contributed by atoms with van der Waals surface area (Å²) in [4.78, 5) is 28.8. The molecule has 0 fully saturated rings. The number of amides is 1. The van der Waals surface area contributed by atoms with E-state index in [2.05, 4.69) is 20.7 Å². The molecule has 0 aliphatic rings. The lowest BCUT2D eigenvalue weighted by Gasteiger charge is -2.15. The number of nitrogens with one attached hydrogen (secondary N) is 2. The van der Waals surface area contributed by atoms with Gasteiger partial charge in [-0.25, -0.2) is 4.98 Å². The summed E-state index contributed by atoms with van der Waals surface area (Å²) in [5.41, 5.74) is 1.51. The molecule has 2 heterocycles. The van der Waals surface area contributed by atoms with Crippen molar-refractivity contribution in [2.24, 2.45) is 7.05 Å². The molecule has 0 saturated heterocycles. The lowest BCUT2D eigenvalue weighted by molar-refractivity contribution is -0.116. The normalized spacial score (nSPS) is 11.9. The Hall–Kier alpha value is -3.51. The van der Waals surface area contributed by atoms with Gasteiger partial charge in [-0.1, -0.05) is 6.07 Å². The largest absolute Gasteiger partial charge is 0.326 e. The number of carbonyl (C=O) groups is 1. The molecule has 0 spiro atoms. The molecule has 0 bridgehead atoms. The Morgan fingerprint density at radius 2 is 2.21 bits per heavy atom. The Labute approximate surface area is 161 Å². The summed E-state index contributed by atoms with van der Waals surface area (Å²) in [6.45, 7) is 2.83. The molecule has 28 heavy (non-hydrogen) atoms. The zero-order valence-corrected chi connectivity index (χ0v) is 15.7. The van der Waals surface area contributed by atoms with Crippen LogP contribution in [0.3, 0.4) is 0 Å². The first-order valence-electron chi connectivity index (χ1n) is 8.88. The summed E-state index contributed by atoms with van der Waals surface area (Å²) in [7, 11) is 1.74. The lowest BCUT2D eigenvalue weighted by Crippen LogP contribution is -2.36. The fourth-order valence-electron chi connectivity index (χ4n) is 2.88. The maximum absolute atomic E-state index is 12.5. The van der Waals surface area contributed by atoms with Crippen LogP contribution >= 0.6 is 0 Å². The van der Waals surface area contributed by atoms with Gasteiger partial charge in [-0.3, -0.25) is 18.8 Å². The molecular formula is C19H21N7O2. The van der Waals surface area contributed by atoms with Crippen LogP contribution in [0.15, 0.2) is 41.6 Å². The fourth-order valence-corrected chi connectivity index (χ4v) is 2.88. The van der Waals surface area contributed by atoms with Gasteiger partial charge in [0.2, 0.25) is 5.91 Å². The third-order valence-corrected chi connectivity index (χ3v) is 4.31. The fraction of sp³-hybridized carbons (Fsp3) is 0.316. The number of rotatable bonds is 7. The first-order chi connectivity index (χ1) is 13.5. The van der Waals surface area contributed by atoms with Crippen molar-refractivity contribution < 1.29 is 4.79 Å². The van der Waals surface area contributed by atoms with E-state index in [0.29, 0.717) is 35.4 Å². The SMILES string of the molecule is CC(Cn1cnc2c(cnn2C)c1=O)NCCC(=O)Nc1cccc(C#N)c1. The monoisotopic (exact) mass is 379 g/mol. The standard InChI is InChI=1S/C19H21N7O2/c1-13(11-26-12-22-18-16(19(26)28)10-23-25(18)2)21-7-6-17(27)24-15-5-3-4-14(8-15)9-20/h3-5,8,10,12-13,21H,6-7,11H2,1-2H3,(H,24,27). The summed E-state index contributed by atoms with van der Waals surface area (Å²) >= 11 is 0. The Morgan fingerprint density at radius 1 is 1.39 bits per heavy atom. The predicted octanol–water partition coefficient (Wildman–Crippen LogP) is 1.01. The summed E-state index contributed by atoms with van der Waals surface area (Å²) < 4.78 is 3.10. The molecule has 2 aromatic heterocycles. The molecule has 1 unspecified atom stereocenters. The molecule has 144 valence electrons. The molecule has 2 N–H and O–H groups in total. The van der Waals surface area contributed by atoms with Gasteiger partial charge in [0.05, 0.1) is 17.8 Å². The van der Waals surface area contributed by atoms with Crippen molar-refractivity contribution in [3.05, 3.63) is 52.7 Å². The molecule has 1 amide bonds. The summed E-state index contributed by atoms with van der Waals surface area (Å²) in [6, 6.07) is 8.78. The van der Waals surface area contributed by atoms with Crippen LogP contribution in [0.25, 0.3) is 11.0 Å². The van der Waals surface area contributed by atoms with E-state index in [-0.39, 0.29) is 23.9 Å². The number of hydrogen-bond acceptors (Lipinski definition) is 6. The predicted molar refractivity (Wildman–Crippen MR) is 105 cm³/mol. The summed E-state index contributed by atoms with van der Waals surface area (Å²) in [6.07, 6.45) is 3.31. The highest BCUT2D eigenvalue weighted by atomic mass is 16.1. The highest BCUT2D eigenvalue weighted by molar-refractivity contribution is 5.90. The number of carbonyl (C=O) groups excluding carboxylic acids is 1. The highest BCUT2D eigenvalue weighted by Crippen LogP contribution is 2.10. The van der Waals surface area contributed by atoms with E-state index in [1.54, 1.807) is 36.0 Å². The zero-order valence-electron chi connectivity index (χ0n) is 15.7. The summed E-state index contributed by atoms with van der Waals surface area (Å²) in [5, 5.41) is 19.4. The second-order valence-corrected chi connectivity index (χ2v) is 6.55. The smallest absolute Gasteiger partial charge is 0.264 e. The van der Waals surface area contributed by atoms with Crippen LogP contribution in [0.1, 0.15) is 18.9 Å². The Balaban J connectivity index is 1.50. The van der Waals surface area contributed by atoms with E-state index in [1.807, 2.05) is 13.0 Å². The van der Waals surface area contributed by atoms with Crippen LogP contribution in [0, 0.1) is 11.3 Å². The van der Waals surface area contributed by atoms with E-state index < -0.39 is 0 Å². The van der Waals surface area contributed by atoms with Crippen molar-refractivity contribution in [2.45, 2.75) is 25.9 Å². The molecule has 0 aliphatic carbocycles. The van der Waals surface area contributed by atoms with E-state index in [4.69, 9.17) is 5.26 Å². The number of aryl methyl sites for hydroxylation is 1. The maximum Gasteiger partial charge on any atom is 0.264 e. The molecule has 9 heteroatoms. The van der Waals surface area contributed by atoms with Crippen LogP contribution in [-0.2, 0) is 18.4 Å². The Morgan fingerprint density at radius 3 is 3.00 bits per heavy atom.